The molecular formula is C24H26ClFN2O2. The van der Waals surface area contributed by atoms with Crippen LogP contribution in [0.25, 0.3) is 0 Å². The molecule has 2 aromatic carbocycles. The van der Waals surface area contributed by atoms with Gasteiger partial charge in [0.2, 0.25) is 11.8 Å². The first kappa shape index (κ1) is 20.9. The Bertz CT molecular complexity index is 948. The molecule has 158 valence electrons. The summed E-state index contributed by atoms with van der Waals surface area (Å²) in [5.74, 6) is -0.237. The van der Waals surface area contributed by atoms with Gasteiger partial charge in [-0.05, 0) is 67.5 Å². The van der Waals surface area contributed by atoms with Gasteiger partial charge in [-0.3, -0.25) is 9.59 Å². The minimum absolute atomic E-state index is 0.0260. The van der Waals surface area contributed by atoms with E-state index in [0.29, 0.717) is 43.1 Å². The van der Waals surface area contributed by atoms with Gasteiger partial charge < -0.3 is 10.2 Å². The average Bonchev–Trinajstić information content (AvgIpc) is 3.56. The lowest BCUT2D eigenvalue weighted by Crippen LogP contribution is -2.46. The van der Waals surface area contributed by atoms with Crippen molar-refractivity contribution in [3.05, 3.63) is 70.0 Å². The molecule has 4 nitrogen and oxygen atoms in total. The van der Waals surface area contributed by atoms with E-state index in [1.807, 2.05) is 35.2 Å². The standard InChI is InChI=1S/C24H26ClFN2O2/c1-16-2-3-17(14-21(16)26)15-27-22(29)18-8-12-28(13-9-18)23(30)24(10-11-24)19-4-6-20(25)7-5-19/h2-7,14,18H,8-13,15H2,1H3,(H,27,29). The van der Waals surface area contributed by atoms with Crippen molar-refractivity contribution in [1.82, 2.24) is 10.2 Å². The van der Waals surface area contributed by atoms with Gasteiger partial charge in [0.25, 0.3) is 0 Å². The van der Waals surface area contributed by atoms with Crippen LogP contribution in [0.4, 0.5) is 4.39 Å². The number of aryl methyl sites for hydroxylation is 1. The first-order valence-corrected chi connectivity index (χ1v) is 10.8. The summed E-state index contributed by atoms with van der Waals surface area (Å²) in [6, 6.07) is 12.6. The summed E-state index contributed by atoms with van der Waals surface area (Å²) in [5, 5.41) is 3.58. The second-order valence-corrected chi connectivity index (χ2v) is 8.89. The molecule has 1 heterocycles. The molecule has 0 unspecified atom stereocenters. The zero-order valence-electron chi connectivity index (χ0n) is 17.1. The second kappa shape index (κ2) is 8.38. The molecule has 0 radical (unpaired) electrons. The number of rotatable bonds is 5. The monoisotopic (exact) mass is 428 g/mol. The molecule has 1 aliphatic heterocycles. The van der Waals surface area contributed by atoms with Crippen molar-refractivity contribution in [3.8, 4) is 0 Å². The summed E-state index contributed by atoms with van der Waals surface area (Å²) in [4.78, 5) is 27.6. The van der Waals surface area contributed by atoms with Crippen LogP contribution in [0, 0.1) is 18.7 Å². The molecule has 2 amide bonds. The maximum absolute atomic E-state index is 13.7. The van der Waals surface area contributed by atoms with E-state index in [2.05, 4.69) is 5.32 Å². The summed E-state index contributed by atoms with van der Waals surface area (Å²) >= 11 is 5.98. The normalized spacial score (nSPS) is 18.2. The van der Waals surface area contributed by atoms with Crippen LogP contribution in [0.3, 0.4) is 0 Å². The Morgan fingerprint density at radius 2 is 1.80 bits per heavy atom. The molecule has 0 spiro atoms. The van der Waals surface area contributed by atoms with Gasteiger partial charge in [0.1, 0.15) is 5.82 Å². The molecule has 2 aromatic rings. The topological polar surface area (TPSA) is 49.4 Å². The molecule has 2 aliphatic rings. The van der Waals surface area contributed by atoms with Crippen LogP contribution >= 0.6 is 11.6 Å². The van der Waals surface area contributed by atoms with Gasteiger partial charge in [0, 0.05) is 30.6 Å². The quantitative estimate of drug-likeness (QED) is 0.768. The van der Waals surface area contributed by atoms with Crippen molar-refractivity contribution >= 4 is 23.4 Å². The Kier molecular flexibility index (Phi) is 5.83. The molecule has 4 rings (SSSR count). The summed E-state index contributed by atoms with van der Waals surface area (Å²) in [6.07, 6.45) is 3.02. The Morgan fingerprint density at radius 3 is 2.40 bits per heavy atom. The zero-order valence-corrected chi connectivity index (χ0v) is 17.8. The molecular weight excluding hydrogens is 403 g/mol. The van der Waals surface area contributed by atoms with Crippen molar-refractivity contribution < 1.29 is 14.0 Å². The Morgan fingerprint density at radius 1 is 1.13 bits per heavy atom. The van der Waals surface area contributed by atoms with Crippen LogP contribution in [0.5, 0.6) is 0 Å². The fourth-order valence-electron chi connectivity index (χ4n) is 4.25. The van der Waals surface area contributed by atoms with E-state index in [4.69, 9.17) is 11.6 Å². The smallest absolute Gasteiger partial charge is 0.233 e. The molecule has 1 saturated carbocycles. The summed E-state index contributed by atoms with van der Waals surface area (Å²) in [6.45, 7) is 3.21. The highest BCUT2D eigenvalue weighted by Crippen LogP contribution is 2.50. The number of likely N-dealkylation sites (tertiary alicyclic amines) is 1. The van der Waals surface area contributed by atoms with Gasteiger partial charge in [-0.1, -0.05) is 35.9 Å². The van der Waals surface area contributed by atoms with Gasteiger partial charge in [0.15, 0.2) is 0 Å². The van der Waals surface area contributed by atoms with Crippen LogP contribution in [0.1, 0.15) is 42.4 Å². The van der Waals surface area contributed by atoms with Crippen molar-refractivity contribution in [2.45, 2.75) is 44.6 Å². The number of carbonyl (C=O) groups excluding carboxylic acids is 2. The third-order valence-electron chi connectivity index (χ3n) is 6.41. The van der Waals surface area contributed by atoms with Crippen LogP contribution in [-0.2, 0) is 21.5 Å². The maximum Gasteiger partial charge on any atom is 0.233 e. The molecule has 1 saturated heterocycles. The number of amides is 2. The lowest BCUT2D eigenvalue weighted by atomic mass is 9.91. The first-order valence-electron chi connectivity index (χ1n) is 10.5. The largest absolute Gasteiger partial charge is 0.352 e. The van der Waals surface area contributed by atoms with E-state index in [0.717, 1.165) is 24.0 Å². The molecule has 0 aromatic heterocycles. The minimum atomic E-state index is -0.408. The zero-order chi connectivity index (χ0) is 21.3. The second-order valence-electron chi connectivity index (χ2n) is 8.46. The highest BCUT2D eigenvalue weighted by atomic mass is 35.5. The van der Waals surface area contributed by atoms with Crippen LogP contribution < -0.4 is 5.32 Å². The van der Waals surface area contributed by atoms with E-state index in [1.165, 1.54) is 6.07 Å². The molecule has 2 fully saturated rings. The fourth-order valence-corrected chi connectivity index (χ4v) is 4.37. The molecule has 6 heteroatoms. The molecule has 1 N–H and O–H groups in total. The van der Waals surface area contributed by atoms with E-state index in [9.17, 15) is 14.0 Å². The number of hydrogen-bond acceptors (Lipinski definition) is 2. The number of hydrogen-bond donors (Lipinski definition) is 1. The predicted molar refractivity (Wildman–Crippen MR) is 115 cm³/mol. The molecule has 0 bridgehead atoms. The number of nitrogens with one attached hydrogen (secondary N) is 1. The number of benzene rings is 2. The van der Waals surface area contributed by atoms with Crippen molar-refractivity contribution in [1.29, 1.82) is 0 Å². The number of nitrogens with zero attached hydrogens (tertiary/aromatic N) is 1. The van der Waals surface area contributed by atoms with Gasteiger partial charge in [0.05, 0.1) is 5.41 Å². The molecule has 30 heavy (non-hydrogen) atoms. The molecule has 1 aliphatic carbocycles. The van der Waals surface area contributed by atoms with E-state index >= 15 is 0 Å². The van der Waals surface area contributed by atoms with Crippen LogP contribution in [0.2, 0.25) is 5.02 Å². The van der Waals surface area contributed by atoms with E-state index in [1.54, 1.807) is 13.0 Å². The Balaban J connectivity index is 1.30. The lowest BCUT2D eigenvalue weighted by Gasteiger charge is -2.34. The van der Waals surface area contributed by atoms with Crippen molar-refractivity contribution in [2.75, 3.05) is 13.1 Å². The SMILES string of the molecule is Cc1ccc(CNC(=O)C2CCN(C(=O)C3(c4ccc(Cl)cc4)CC3)CC2)cc1F. The maximum atomic E-state index is 13.7. The lowest BCUT2D eigenvalue weighted by molar-refractivity contribution is -0.137. The van der Waals surface area contributed by atoms with Gasteiger partial charge in [-0.15, -0.1) is 0 Å². The first-order chi connectivity index (χ1) is 14.4. The third kappa shape index (κ3) is 4.22. The predicted octanol–water partition coefficient (Wildman–Crippen LogP) is 4.37. The fraction of sp³-hybridized carbons (Fsp3) is 0.417. The Hall–Kier alpha value is -2.40. The summed E-state index contributed by atoms with van der Waals surface area (Å²) in [5.41, 5.74) is 1.96. The van der Waals surface area contributed by atoms with Gasteiger partial charge >= 0.3 is 0 Å². The van der Waals surface area contributed by atoms with Gasteiger partial charge in [-0.25, -0.2) is 4.39 Å². The summed E-state index contributed by atoms with van der Waals surface area (Å²) < 4.78 is 13.7. The third-order valence-corrected chi connectivity index (χ3v) is 6.66. The van der Waals surface area contributed by atoms with Crippen molar-refractivity contribution in [3.63, 3.8) is 0 Å². The van der Waals surface area contributed by atoms with Crippen LogP contribution in [-0.4, -0.2) is 29.8 Å². The highest BCUT2D eigenvalue weighted by molar-refractivity contribution is 6.30. The van der Waals surface area contributed by atoms with E-state index < -0.39 is 5.41 Å². The van der Waals surface area contributed by atoms with E-state index in [-0.39, 0.29) is 23.5 Å². The average molecular weight is 429 g/mol. The minimum Gasteiger partial charge on any atom is -0.352 e. The van der Waals surface area contributed by atoms with Crippen molar-refractivity contribution in [2.24, 2.45) is 5.92 Å². The number of carbonyl (C=O) groups is 2. The van der Waals surface area contributed by atoms with Gasteiger partial charge in [-0.2, -0.15) is 0 Å². The number of halogens is 2. The Labute approximate surface area is 181 Å². The molecule has 0 atom stereocenters. The van der Waals surface area contributed by atoms with Crippen LogP contribution in [0.15, 0.2) is 42.5 Å². The highest BCUT2D eigenvalue weighted by Gasteiger charge is 2.53. The summed E-state index contributed by atoms with van der Waals surface area (Å²) in [7, 11) is 0. The number of piperidine rings is 1.